The molecule has 1 saturated heterocycles. The number of β-amino-alcohol motifs (C(OH)–C–C–N with tert-alkyl or cyclic N) is 1. The monoisotopic (exact) mass is 333 g/mol. The largest absolute Gasteiger partial charge is 0.389 e. The van der Waals surface area contributed by atoms with E-state index in [2.05, 4.69) is 14.8 Å². The maximum atomic E-state index is 10.1. The standard InChI is InChI=1S/C17H23N3O2S/c21-16(14-22-13-15-4-2-1-3-5-15)12-19-7-9-20(10-8-19)17-18-6-11-23-17/h1-6,11,16,21H,7-10,12-14H2/t16-/m0/s1. The van der Waals surface area contributed by atoms with E-state index in [0.717, 1.165) is 36.9 Å². The predicted molar refractivity (Wildman–Crippen MR) is 92.9 cm³/mol. The molecule has 5 nitrogen and oxygen atoms in total. The van der Waals surface area contributed by atoms with E-state index < -0.39 is 6.10 Å². The summed E-state index contributed by atoms with van der Waals surface area (Å²) in [5.74, 6) is 0. The molecule has 1 fully saturated rings. The Morgan fingerprint density at radius 2 is 1.96 bits per heavy atom. The van der Waals surface area contributed by atoms with Crippen LogP contribution in [0.25, 0.3) is 0 Å². The Labute approximate surface area is 141 Å². The Balaban J connectivity index is 1.34. The van der Waals surface area contributed by atoms with E-state index in [1.807, 2.05) is 41.9 Å². The van der Waals surface area contributed by atoms with Gasteiger partial charge in [0.2, 0.25) is 0 Å². The van der Waals surface area contributed by atoms with Gasteiger partial charge in [-0.05, 0) is 5.56 Å². The van der Waals surface area contributed by atoms with E-state index in [1.54, 1.807) is 11.3 Å². The molecule has 23 heavy (non-hydrogen) atoms. The fourth-order valence-electron chi connectivity index (χ4n) is 2.73. The number of piperazine rings is 1. The number of anilines is 1. The van der Waals surface area contributed by atoms with Crippen LogP contribution in [0.2, 0.25) is 0 Å². The highest BCUT2D eigenvalue weighted by Crippen LogP contribution is 2.18. The normalized spacial score (nSPS) is 17.3. The summed E-state index contributed by atoms with van der Waals surface area (Å²) in [5, 5.41) is 13.2. The molecule has 0 spiro atoms. The number of hydrogen-bond acceptors (Lipinski definition) is 6. The van der Waals surface area contributed by atoms with Gasteiger partial charge < -0.3 is 14.7 Å². The zero-order chi connectivity index (χ0) is 15.9. The molecule has 0 aliphatic carbocycles. The van der Waals surface area contributed by atoms with Crippen molar-refractivity contribution in [3.05, 3.63) is 47.5 Å². The van der Waals surface area contributed by atoms with Crippen molar-refractivity contribution in [3.8, 4) is 0 Å². The molecule has 0 saturated carbocycles. The molecule has 1 N–H and O–H groups in total. The molecule has 0 radical (unpaired) electrons. The molecule has 124 valence electrons. The number of hydrogen-bond donors (Lipinski definition) is 1. The van der Waals surface area contributed by atoms with Crippen molar-refractivity contribution in [1.29, 1.82) is 0 Å². The lowest BCUT2D eigenvalue weighted by Gasteiger charge is -2.35. The van der Waals surface area contributed by atoms with E-state index in [1.165, 1.54) is 0 Å². The number of benzene rings is 1. The van der Waals surface area contributed by atoms with Gasteiger partial charge in [0.25, 0.3) is 0 Å². The van der Waals surface area contributed by atoms with Gasteiger partial charge in [0.1, 0.15) is 0 Å². The minimum Gasteiger partial charge on any atom is -0.389 e. The van der Waals surface area contributed by atoms with Crippen LogP contribution >= 0.6 is 11.3 Å². The van der Waals surface area contributed by atoms with Crippen LogP contribution in [0.4, 0.5) is 5.13 Å². The predicted octanol–water partition coefficient (Wildman–Crippen LogP) is 1.84. The number of aromatic nitrogens is 1. The number of thiazole rings is 1. The maximum Gasteiger partial charge on any atom is 0.185 e. The van der Waals surface area contributed by atoms with Gasteiger partial charge in [0, 0.05) is 44.3 Å². The molecule has 0 bridgehead atoms. The van der Waals surface area contributed by atoms with Crippen LogP contribution in [0.5, 0.6) is 0 Å². The van der Waals surface area contributed by atoms with Crippen molar-refractivity contribution < 1.29 is 9.84 Å². The highest BCUT2D eigenvalue weighted by molar-refractivity contribution is 7.13. The molecule has 1 aliphatic heterocycles. The number of aliphatic hydroxyl groups is 1. The lowest BCUT2D eigenvalue weighted by atomic mass is 10.2. The molecule has 1 aromatic heterocycles. The highest BCUT2D eigenvalue weighted by atomic mass is 32.1. The zero-order valence-electron chi connectivity index (χ0n) is 13.2. The van der Waals surface area contributed by atoms with Gasteiger partial charge in [0.05, 0.1) is 19.3 Å². The Hall–Kier alpha value is -1.47. The second-order valence-electron chi connectivity index (χ2n) is 5.76. The molecule has 1 aliphatic rings. The van der Waals surface area contributed by atoms with Crippen molar-refractivity contribution in [2.24, 2.45) is 0 Å². The quantitative estimate of drug-likeness (QED) is 0.838. The molecule has 1 atom stereocenters. The van der Waals surface area contributed by atoms with Crippen molar-refractivity contribution >= 4 is 16.5 Å². The van der Waals surface area contributed by atoms with Gasteiger partial charge in [-0.1, -0.05) is 30.3 Å². The molecule has 3 rings (SSSR count). The third-order valence-corrected chi connectivity index (χ3v) is 4.79. The Morgan fingerprint density at radius 3 is 2.65 bits per heavy atom. The summed E-state index contributed by atoms with van der Waals surface area (Å²) in [6.45, 7) is 5.43. The first kappa shape index (κ1) is 16.4. The van der Waals surface area contributed by atoms with Crippen LogP contribution in [0.1, 0.15) is 5.56 Å². The smallest absolute Gasteiger partial charge is 0.185 e. The van der Waals surface area contributed by atoms with E-state index in [-0.39, 0.29) is 0 Å². The third-order valence-electron chi connectivity index (χ3n) is 3.95. The minimum absolute atomic E-state index is 0.377. The number of aliphatic hydroxyl groups excluding tert-OH is 1. The van der Waals surface area contributed by atoms with Gasteiger partial charge in [-0.25, -0.2) is 4.98 Å². The lowest BCUT2D eigenvalue weighted by molar-refractivity contribution is 0.00914. The fraction of sp³-hybridized carbons (Fsp3) is 0.471. The van der Waals surface area contributed by atoms with Crippen molar-refractivity contribution in [2.75, 3.05) is 44.2 Å². The van der Waals surface area contributed by atoms with Crippen LogP contribution < -0.4 is 4.90 Å². The van der Waals surface area contributed by atoms with E-state index in [4.69, 9.17) is 4.74 Å². The van der Waals surface area contributed by atoms with Crippen LogP contribution in [0.15, 0.2) is 41.9 Å². The number of ether oxygens (including phenoxy) is 1. The Bertz CT molecular complexity index is 556. The van der Waals surface area contributed by atoms with Crippen molar-refractivity contribution in [3.63, 3.8) is 0 Å². The van der Waals surface area contributed by atoms with Gasteiger partial charge in [0.15, 0.2) is 5.13 Å². The summed E-state index contributed by atoms with van der Waals surface area (Å²) in [6.07, 6.45) is 1.41. The van der Waals surface area contributed by atoms with Gasteiger partial charge in [-0.15, -0.1) is 11.3 Å². The van der Waals surface area contributed by atoms with Gasteiger partial charge in [-0.2, -0.15) is 0 Å². The third kappa shape index (κ3) is 5.00. The first-order chi connectivity index (χ1) is 11.3. The number of rotatable bonds is 7. The zero-order valence-corrected chi connectivity index (χ0v) is 14.0. The van der Waals surface area contributed by atoms with Gasteiger partial charge in [-0.3, -0.25) is 4.90 Å². The summed E-state index contributed by atoms with van der Waals surface area (Å²) in [7, 11) is 0. The summed E-state index contributed by atoms with van der Waals surface area (Å²) < 4.78 is 5.61. The van der Waals surface area contributed by atoms with Crippen molar-refractivity contribution in [2.45, 2.75) is 12.7 Å². The summed E-state index contributed by atoms with van der Waals surface area (Å²) >= 11 is 1.68. The van der Waals surface area contributed by atoms with E-state index >= 15 is 0 Å². The topological polar surface area (TPSA) is 48.8 Å². The SMILES string of the molecule is O[C@H](COCc1ccccc1)CN1CCN(c2nccs2)CC1. The first-order valence-electron chi connectivity index (χ1n) is 7.98. The average Bonchev–Trinajstić information content (AvgIpc) is 3.11. The number of nitrogens with zero attached hydrogens (tertiary/aromatic N) is 3. The summed E-state index contributed by atoms with van der Waals surface area (Å²) in [4.78, 5) is 8.95. The molecule has 2 aromatic rings. The molecular formula is C17H23N3O2S. The van der Waals surface area contributed by atoms with Crippen LogP contribution in [0, 0.1) is 0 Å². The summed E-state index contributed by atoms with van der Waals surface area (Å²) in [6, 6.07) is 10.0. The van der Waals surface area contributed by atoms with Gasteiger partial charge >= 0.3 is 0 Å². The van der Waals surface area contributed by atoms with E-state index in [9.17, 15) is 5.11 Å². The highest BCUT2D eigenvalue weighted by Gasteiger charge is 2.20. The van der Waals surface area contributed by atoms with Crippen molar-refractivity contribution in [1.82, 2.24) is 9.88 Å². The van der Waals surface area contributed by atoms with Crippen LogP contribution in [-0.2, 0) is 11.3 Å². The molecule has 0 unspecified atom stereocenters. The Morgan fingerprint density at radius 1 is 1.17 bits per heavy atom. The summed E-state index contributed by atoms with van der Waals surface area (Å²) in [5.41, 5.74) is 1.14. The fourth-order valence-corrected chi connectivity index (χ4v) is 3.43. The molecule has 6 heteroatoms. The minimum atomic E-state index is -0.440. The van der Waals surface area contributed by atoms with Crippen LogP contribution in [-0.4, -0.2) is 60.4 Å². The molecule has 1 aromatic carbocycles. The first-order valence-corrected chi connectivity index (χ1v) is 8.86. The molecule has 0 amide bonds. The molecule has 2 heterocycles. The van der Waals surface area contributed by atoms with E-state index in [0.29, 0.717) is 19.8 Å². The Kier molecular flexibility index (Phi) is 5.99. The maximum absolute atomic E-state index is 10.1. The average molecular weight is 333 g/mol. The second kappa shape index (κ2) is 8.40. The van der Waals surface area contributed by atoms with Crippen LogP contribution in [0.3, 0.4) is 0 Å². The second-order valence-corrected chi connectivity index (χ2v) is 6.63. The molecular weight excluding hydrogens is 310 g/mol. The lowest BCUT2D eigenvalue weighted by Crippen LogP contribution is -2.49.